The molecule has 0 aliphatic heterocycles. The zero-order chi connectivity index (χ0) is 20.7. The summed E-state index contributed by atoms with van der Waals surface area (Å²) in [5, 5.41) is 3.51. The summed E-state index contributed by atoms with van der Waals surface area (Å²) in [6, 6.07) is 0.211. The normalized spacial score (nSPS) is 32.8. The van der Waals surface area contributed by atoms with E-state index in [1.165, 1.54) is 39.1 Å². The maximum absolute atomic E-state index is 13.6. The molecule has 30 heavy (non-hydrogen) atoms. The Morgan fingerprint density at radius 2 is 1.77 bits per heavy atom. The van der Waals surface area contributed by atoms with Gasteiger partial charge in [0.1, 0.15) is 6.26 Å². The first-order chi connectivity index (χ1) is 14.5. The SMILES string of the molecule is COC(=O)c1coc(CN(C(=O)NC23CC4CC(CC(C4)C2)C3)C2CCCCC2)n1. The Kier molecular flexibility index (Phi) is 5.23. The van der Waals surface area contributed by atoms with Crippen LogP contribution in [0.25, 0.3) is 0 Å². The molecule has 5 saturated carbocycles. The van der Waals surface area contributed by atoms with Crippen LogP contribution in [-0.4, -0.2) is 40.6 Å². The van der Waals surface area contributed by atoms with Crippen LogP contribution in [0.2, 0.25) is 0 Å². The van der Waals surface area contributed by atoms with E-state index in [-0.39, 0.29) is 23.3 Å². The van der Waals surface area contributed by atoms with Gasteiger partial charge in [-0.05, 0) is 69.1 Å². The summed E-state index contributed by atoms with van der Waals surface area (Å²) < 4.78 is 10.2. The fourth-order valence-electron chi connectivity index (χ4n) is 7.05. The van der Waals surface area contributed by atoms with Gasteiger partial charge < -0.3 is 19.4 Å². The highest BCUT2D eigenvalue weighted by molar-refractivity contribution is 5.86. The predicted octanol–water partition coefficient (Wildman–Crippen LogP) is 4.27. The van der Waals surface area contributed by atoms with Gasteiger partial charge in [-0.1, -0.05) is 19.3 Å². The smallest absolute Gasteiger partial charge is 0.360 e. The molecule has 1 aromatic rings. The molecule has 6 rings (SSSR count). The van der Waals surface area contributed by atoms with Gasteiger partial charge in [0, 0.05) is 11.6 Å². The van der Waals surface area contributed by atoms with Crippen molar-refractivity contribution in [2.75, 3.05) is 7.11 Å². The molecule has 5 aliphatic carbocycles. The quantitative estimate of drug-likeness (QED) is 0.726. The van der Waals surface area contributed by atoms with Crippen molar-refractivity contribution in [1.29, 1.82) is 0 Å². The number of rotatable bonds is 5. The zero-order valence-corrected chi connectivity index (χ0v) is 17.9. The lowest BCUT2D eigenvalue weighted by Gasteiger charge is -2.57. The number of oxazole rings is 1. The first-order valence-corrected chi connectivity index (χ1v) is 11.6. The van der Waals surface area contributed by atoms with Crippen LogP contribution in [0.15, 0.2) is 10.7 Å². The minimum absolute atomic E-state index is 0.0154. The standard InChI is InChI=1S/C23H33N3O4/c1-29-21(27)19-14-30-20(24-19)13-26(18-5-3-2-4-6-18)22(28)25-23-10-15-7-16(11-23)9-17(8-15)12-23/h14-18H,2-13H2,1H3,(H,25,28). The molecule has 2 amide bonds. The van der Waals surface area contributed by atoms with E-state index in [4.69, 9.17) is 9.15 Å². The highest BCUT2D eigenvalue weighted by Gasteiger charge is 2.52. The average molecular weight is 416 g/mol. The first kappa shape index (κ1) is 19.9. The molecule has 5 aliphatic rings. The van der Waals surface area contributed by atoms with Crippen LogP contribution >= 0.6 is 0 Å². The molecule has 4 bridgehead atoms. The molecule has 0 spiro atoms. The number of nitrogens with one attached hydrogen (secondary N) is 1. The molecular formula is C23H33N3O4. The molecule has 7 nitrogen and oxygen atoms in total. The molecule has 0 atom stereocenters. The van der Waals surface area contributed by atoms with E-state index in [0.29, 0.717) is 12.4 Å². The van der Waals surface area contributed by atoms with Gasteiger partial charge in [0.25, 0.3) is 0 Å². The van der Waals surface area contributed by atoms with E-state index in [1.54, 1.807) is 0 Å². The Morgan fingerprint density at radius 1 is 1.13 bits per heavy atom. The van der Waals surface area contributed by atoms with Gasteiger partial charge in [0.2, 0.25) is 5.89 Å². The number of nitrogens with zero attached hydrogens (tertiary/aromatic N) is 2. The molecule has 1 heterocycles. The molecule has 1 N–H and O–H groups in total. The zero-order valence-electron chi connectivity index (χ0n) is 17.9. The van der Waals surface area contributed by atoms with Gasteiger partial charge in [0.05, 0.1) is 13.7 Å². The van der Waals surface area contributed by atoms with Crippen LogP contribution in [0.5, 0.6) is 0 Å². The van der Waals surface area contributed by atoms with E-state index >= 15 is 0 Å². The lowest BCUT2D eigenvalue weighted by atomic mass is 9.53. The molecule has 0 saturated heterocycles. The predicted molar refractivity (Wildman–Crippen MR) is 110 cm³/mol. The summed E-state index contributed by atoms with van der Waals surface area (Å²) in [5.41, 5.74) is 0.129. The van der Waals surface area contributed by atoms with Gasteiger partial charge in [-0.15, -0.1) is 0 Å². The topological polar surface area (TPSA) is 84.7 Å². The Hall–Kier alpha value is -2.05. The van der Waals surface area contributed by atoms with E-state index in [1.807, 2.05) is 4.90 Å². The highest BCUT2D eigenvalue weighted by Crippen LogP contribution is 2.55. The Bertz CT molecular complexity index is 763. The second-order valence-electron chi connectivity index (χ2n) is 10.2. The Morgan fingerprint density at radius 3 is 2.37 bits per heavy atom. The molecular weight excluding hydrogens is 382 g/mol. The van der Waals surface area contributed by atoms with Crippen molar-refractivity contribution in [1.82, 2.24) is 15.2 Å². The van der Waals surface area contributed by atoms with Crippen molar-refractivity contribution in [3.63, 3.8) is 0 Å². The molecule has 5 fully saturated rings. The number of methoxy groups -OCH3 is 1. The van der Waals surface area contributed by atoms with Crippen LogP contribution in [0.1, 0.15) is 87.0 Å². The largest absolute Gasteiger partial charge is 0.464 e. The second-order valence-corrected chi connectivity index (χ2v) is 10.2. The number of esters is 1. The fraction of sp³-hybridized carbons (Fsp3) is 0.783. The summed E-state index contributed by atoms with van der Waals surface area (Å²) in [5.74, 6) is 2.23. The first-order valence-electron chi connectivity index (χ1n) is 11.6. The summed E-state index contributed by atoms with van der Waals surface area (Å²) in [4.78, 5) is 31.5. The Balaban J connectivity index is 1.33. The van der Waals surface area contributed by atoms with Crippen LogP contribution < -0.4 is 5.32 Å². The van der Waals surface area contributed by atoms with Gasteiger partial charge in [-0.25, -0.2) is 14.6 Å². The van der Waals surface area contributed by atoms with Crippen LogP contribution in [0.4, 0.5) is 4.79 Å². The van der Waals surface area contributed by atoms with Crippen molar-refractivity contribution in [3.8, 4) is 0 Å². The molecule has 164 valence electrons. The molecule has 7 heteroatoms. The number of amides is 2. The molecule has 1 aromatic heterocycles. The van der Waals surface area contributed by atoms with Gasteiger partial charge in [-0.3, -0.25) is 0 Å². The minimum atomic E-state index is -0.521. The fourth-order valence-corrected chi connectivity index (χ4v) is 7.05. The third-order valence-corrected chi connectivity index (χ3v) is 7.94. The van der Waals surface area contributed by atoms with E-state index in [2.05, 4.69) is 10.3 Å². The number of carbonyl (C=O) groups is 2. The van der Waals surface area contributed by atoms with Gasteiger partial charge >= 0.3 is 12.0 Å². The summed E-state index contributed by atoms with van der Waals surface area (Å²) >= 11 is 0. The summed E-state index contributed by atoms with van der Waals surface area (Å²) in [7, 11) is 1.32. The van der Waals surface area contributed by atoms with Crippen LogP contribution in [0.3, 0.4) is 0 Å². The summed E-state index contributed by atoms with van der Waals surface area (Å²) in [6.45, 7) is 0.292. The Labute approximate surface area is 177 Å². The number of urea groups is 1. The van der Waals surface area contributed by atoms with Crippen LogP contribution in [0, 0.1) is 17.8 Å². The highest BCUT2D eigenvalue weighted by atomic mass is 16.5. The van der Waals surface area contributed by atoms with Gasteiger partial charge in [0.15, 0.2) is 5.69 Å². The van der Waals surface area contributed by atoms with Crippen molar-refractivity contribution >= 4 is 12.0 Å². The lowest BCUT2D eigenvalue weighted by molar-refractivity contribution is -0.0171. The minimum Gasteiger partial charge on any atom is -0.464 e. The van der Waals surface area contributed by atoms with E-state index < -0.39 is 5.97 Å². The molecule has 0 aromatic carbocycles. The maximum Gasteiger partial charge on any atom is 0.360 e. The second kappa shape index (κ2) is 7.89. The van der Waals surface area contributed by atoms with Crippen molar-refractivity contribution < 1.29 is 18.7 Å². The van der Waals surface area contributed by atoms with Crippen LogP contribution in [-0.2, 0) is 11.3 Å². The average Bonchev–Trinajstić information content (AvgIpc) is 3.19. The number of hydrogen-bond acceptors (Lipinski definition) is 5. The van der Waals surface area contributed by atoms with Crippen molar-refractivity contribution in [3.05, 3.63) is 17.8 Å². The summed E-state index contributed by atoms with van der Waals surface area (Å²) in [6.07, 6.45) is 14.3. The van der Waals surface area contributed by atoms with Gasteiger partial charge in [-0.2, -0.15) is 0 Å². The molecule has 0 radical (unpaired) electrons. The third kappa shape index (κ3) is 3.83. The maximum atomic E-state index is 13.6. The van der Waals surface area contributed by atoms with Crippen molar-refractivity contribution in [2.45, 2.75) is 88.8 Å². The third-order valence-electron chi connectivity index (χ3n) is 7.94. The number of hydrogen-bond donors (Lipinski definition) is 1. The monoisotopic (exact) mass is 415 g/mol. The van der Waals surface area contributed by atoms with E-state index in [0.717, 1.165) is 62.7 Å². The molecule has 0 unspecified atom stereocenters. The van der Waals surface area contributed by atoms with Crippen molar-refractivity contribution in [2.24, 2.45) is 17.8 Å². The number of ether oxygens (including phenoxy) is 1. The lowest BCUT2D eigenvalue weighted by Crippen LogP contribution is -2.62. The number of carbonyl (C=O) groups excluding carboxylic acids is 2. The number of aromatic nitrogens is 1. The van der Waals surface area contributed by atoms with E-state index in [9.17, 15) is 9.59 Å².